The molecule has 0 unspecified atom stereocenters. The highest BCUT2D eigenvalue weighted by Gasteiger charge is 2.20. The van der Waals surface area contributed by atoms with E-state index in [1.807, 2.05) is 12.1 Å². The Balaban J connectivity index is 1.61. The number of fused-ring (bicyclic) bond motifs is 1. The van der Waals surface area contributed by atoms with Gasteiger partial charge in [-0.3, -0.25) is 9.59 Å². The number of terminal acetylenes is 1. The van der Waals surface area contributed by atoms with E-state index in [0.717, 1.165) is 24.5 Å². The van der Waals surface area contributed by atoms with Crippen molar-refractivity contribution in [2.75, 3.05) is 22.5 Å². The lowest BCUT2D eigenvalue weighted by molar-refractivity contribution is -0.116. The molecule has 0 spiro atoms. The first-order valence-electron chi connectivity index (χ1n) is 10.5. The van der Waals surface area contributed by atoms with Gasteiger partial charge in [0.15, 0.2) is 5.82 Å². The summed E-state index contributed by atoms with van der Waals surface area (Å²) >= 11 is 6.19. The van der Waals surface area contributed by atoms with Crippen molar-refractivity contribution in [3.63, 3.8) is 0 Å². The number of hydrogen-bond acceptors (Lipinski definition) is 6. The Labute approximate surface area is 204 Å². The molecular weight excluding hydrogens is 478 g/mol. The van der Waals surface area contributed by atoms with E-state index in [1.54, 1.807) is 6.07 Å². The summed E-state index contributed by atoms with van der Waals surface area (Å²) in [5.74, 6) is -0.498. The summed E-state index contributed by atoms with van der Waals surface area (Å²) in [5, 5.41) is 10.9. The average Bonchev–Trinajstić information content (AvgIpc) is 3.01. The molecule has 8 nitrogen and oxygen atoms in total. The summed E-state index contributed by atoms with van der Waals surface area (Å²) in [4.78, 5) is 32.6. The van der Waals surface area contributed by atoms with Gasteiger partial charge >= 0.3 is 0 Å². The number of anilines is 5. The van der Waals surface area contributed by atoms with Gasteiger partial charge in [-0.2, -0.15) is 4.98 Å². The zero-order valence-corrected chi connectivity index (χ0v) is 19.0. The van der Waals surface area contributed by atoms with Crippen LogP contribution in [0.2, 0.25) is 5.02 Å². The molecule has 2 heterocycles. The molecule has 11 heteroatoms. The topological polar surface area (TPSA) is 108 Å². The van der Waals surface area contributed by atoms with Gasteiger partial charge in [0.05, 0.1) is 24.0 Å². The van der Waals surface area contributed by atoms with Crippen molar-refractivity contribution in [3.05, 3.63) is 64.3 Å². The minimum Gasteiger partial charge on any atom is -0.341 e. The fourth-order valence-corrected chi connectivity index (χ4v) is 3.65. The number of hydrogen-bond donors (Lipinski definition) is 4. The van der Waals surface area contributed by atoms with Crippen molar-refractivity contribution < 1.29 is 18.4 Å². The number of rotatable bonds is 6. The van der Waals surface area contributed by atoms with E-state index in [4.69, 9.17) is 18.0 Å². The zero-order valence-electron chi connectivity index (χ0n) is 18.2. The van der Waals surface area contributed by atoms with E-state index >= 15 is 0 Å². The Morgan fingerprint density at radius 2 is 2.03 bits per heavy atom. The van der Waals surface area contributed by atoms with Gasteiger partial charge < -0.3 is 21.3 Å². The maximum atomic E-state index is 14.6. The van der Waals surface area contributed by atoms with E-state index < -0.39 is 17.5 Å². The molecule has 0 saturated heterocycles. The minimum atomic E-state index is -1.03. The van der Waals surface area contributed by atoms with Gasteiger partial charge in [0.1, 0.15) is 16.7 Å². The number of amides is 2. The first-order chi connectivity index (χ1) is 16.8. The molecular formula is C24H19ClF2N6O2. The van der Waals surface area contributed by atoms with Gasteiger partial charge in [0.2, 0.25) is 11.9 Å². The zero-order chi connectivity index (χ0) is 24.9. The van der Waals surface area contributed by atoms with Crippen LogP contribution in [0, 0.1) is 24.0 Å². The molecule has 0 fully saturated rings. The molecule has 1 aliphatic heterocycles. The number of benzene rings is 2. The number of nitrogens with zero attached hydrogens (tertiary/aromatic N) is 2. The number of carbonyl (C=O) groups is 2. The van der Waals surface area contributed by atoms with Crippen molar-refractivity contribution in [1.29, 1.82) is 0 Å². The standard InChI is InChI=1S/C24H19ClF2N6O2/c1-2-8-28-23(35)16-9-14(26)10-18(27)21(16)32-22-17(25)12-29-24(33-22)30-15-7-6-13-4-3-5-20(34)31-19(13)11-15/h1,6-7,9-12H,3-5,8H2,(H,28,35)(H,31,34)(H2,29,30,32,33). The van der Waals surface area contributed by atoms with Crippen molar-refractivity contribution in [2.45, 2.75) is 19.3 Å². The molecule has 1 aromatic heterocycles. The van der Waals surface area contributed by atoms with Crippen molar-refractivity contribution in [1.82, 2.24) is 15.3 Å². The first-order valence-corrected chi connectivity index (χ1v) is 10.9. The lowest BCUT2D eigenvalue weighted by Gasteiger charge is -2.15. The minimum absolute atomic E-state index is 0.0243. The van der Waals surface area contributed by atoms with Gasteiger partial charge in [0, 0.05) is 23.9 Å². The summed E-state index contributed by atoms with van der Waals surface area (Å²) in [6, 6.07) is 6.97. The van der Waals surface area contributed by atoms with E-state index in [0.29, 0.717) is 23.9 Å². The molecule has 2 amide bonds. The van der Waals surface area contributed by atoms with Crippen molar-refractivity contribution in [3.8, 4) is 12.3 Å². The smallest absolute Gasteiger partial charge is 0.254 e. The lowest BCUT2D eigenvalue weighted by atomic mass is 10.1. The highest BCUT2D eigenvalue weighted by Crippen LogP contribution is 2.31. The summed E-state index contributed by atoms with van der Waals surface area (Å²) in [6.07, 6.45) is 8.42. The SMILES string of the molecule is C#CCNC(=O)c1cc(F)cc(F)c1Nc1nc(Nc2ccc3c(c2)NC(=O)CCC3)ncc1Cl. The van der Waals surface area contributed by atoms with E-state index in [9.17, 15) is 18.4 Å². The molecule has 4 N–H and O–H groups in total. The molecule has 0 radical (unpaired) electrons. The molecule has 0 aliphatic carbocycles. The molecule has 1 aliphatic rings. The fraction of sp³-hybridized carbons (Fsp3) is 0.167. The quantitative estimate of drug-likeness (QED) is 0.373. The number of aryl methyl sites for hydroxylation is 1. The Hall–Kier alpha value is -4.23. The van der Waals surface area contributed by atoms with Crippen LogP contribution >= 0.6 is 11.6 Å². The third-order valence-corrected chi connectivity index (χ3v) is 5.40. The monoisotopic (exact) mass is 496 g/mol. The molecule has 35 heavy (non-hydrogen) atoms. The van der Waals surface area contributed by atoms with Crippen LogP contribution in [0.25, 0.3) is 0 Å². The molecule has 4 rings (SSSR count). The maximum absolute atomic E-state index is 14.6. The molecule has 2 aromatic carbocycles. The van der Waals surface area contributed by atoms with Crippen LogP contribution < -0.4 is 21.3 Å². The third-order valence-electron chi connectivity index (χ3n) is 5.13. The highest BCUT2D eigenvalue weighted by atomic mass is 35.5. The molecule has 3 aromatic rings. The average molecular weight is 497 g/mol. The van der Waals surface area contributed by atoms with E-state index in [-0.39, 0.29) is 40.5 Å². The van der Waals surface area contributed by atoms with Gasteiger partial charge in [-0.05, 0) is 36.6 Å². The van der Waals surface area contributed by atoms with Crippen LogP contribution in [0.5, 0.6) is 0 Å². The van der Waals surface area contributed by atoms with Gasteiger partial charge in [-0.15, -0.1) is 6.42 Å². The van der Waals surface area contributed by atoms with Crippen LogP contribution in [-0.2, 0) is 11.2 Å². The van der Waals surface area contributed by atoms with Gasteiger partial charge in [-0.25, -0.2) is 13.8 Å². The fourth-order valence-electron chi connectivity index (χ4n) is 3.51. The predicted molar refractivity (Wildman–Crippen MR) is 129 cm³/mol. The second-order valence-electron chi connectivity index (χ2n) is 7.61. The van der Waals surface area contributed by atoms with E-state index in [1.165, 1.54) is 6.20 Å². The second kappa shape index (κ2) is 10.4. The predicted octanol–water partition coefficient (Wildman–Crippen LogP) is 4.53. The van der Waals surface area contributed by atoms with Crippen LogP contribution in [0.1, 0.15) is 28.8 Å². The molecule has 0 bridgehead atoms. The highest BCUT2D eigenvalue weighted by molar-refractivity contribution is 6.33. The third kappa shape index (κ3) is 5.65. The number of nitrogens with one attached hydrogen (secondary N) is 4. The number of carbonyl (C=O) groups excluding carboxylic acids is 2. The molecule has 0 saturated carbocycles. The van der Waals surface area contributed by atoms with Crippen molar-refractivity contribution in [2.24, 2.45) is 0 Å². The van der Waals surface area contributed by atoms with Crippen LogP contribution in [0.3, 0.4) is 0 Å². The van der Waals surface area contributed by atoms with Crippen molar-refractivity contribution >= 4 is 52.2 Å². The molecule has 178 valence electrons. The lowest BCUT2D eigenvalue weighted by Crippen LogP contribution is -2.25. The largest absolute Gasteiger partial charge is 0.341 e. The number of halogens is 3. The maximum Gasteiger partial charge on any atom is 0.254 e. The molecule has 0 atom stereocenters. The van der Waals surface area contributed by atoms with Crippen LogP contribution in [0.4, 0.5) is 37.6 Å². The summed E-state index contributed by atoms with van der Waals surface area (Å²) in [6.45, 7) is -0.125. The van der Waals surface area contributed by atoms with Crippen LogP contribution in [-0.4, -0.2) is 28.3 Å². The van der Waals surface area contributed by atoms with E-state index in [2.05, 4.69) is 37.2 Å². The normalized spacial score (nSPS) is 12.6. The summed E-state index contributed by atoms with van der Waals surface area (Å²) in [7, 11) is 0. The van der Waals surface area contributed by atoms with Crippen LogP contribution in [0.15, 0.2) is 36.5 Å². The Morgan fingerprint density at radius 3 is 2.83 bits per heavy atom. The van der Waals surface area contributed by atoms with Gasteiger partial charge in [0.25, 0.3) is 5.91 Å². The first kappa shape index (κ1) is 23.9. The Bertz CT molecular complexity index is 1360. The summed E-state index contributed by atoms with van der Waals surface area (Å²) in [5.41, 5.74) is 1.66. The van der Waals surface area contributed by atoms with Gasteiger partial charge in [-0.1, -0.05) is 23.6 Å². The Kier molecular flexibility index (Phi) is 7.08. The summed E-state index contributed by atoms with van der Waals surface area (Å²) < 4.78 is 28.4. The Morgan fingerprint density at radius 1 is 1.20 bits per heavy atom. The second-order valence-corrected chi connectivity index (χ2v) is 8.02. The number of aromatic nitrogens is 2.